The van der Waals surface area contributed by atoms with Gasteiger partial charge in [-0.25, -0.2) is 4.68 Å². The fourth-order valence-corrected chi connectivity index (χ4v) is 3.94. The molecule has 32 heavy (non-hydrogen) atoms. The lowest BCUT2D eigenvalue weighted by molar-refractivity contribution is 0.0921. The molecule has 0 aliphatic heterocycles. The molecule has 178 valence electrons. The van der Waals surface area contributed by atoms with Crippen molar-refractivity contribution in [3.05, 3.63) is 46.2 Å². The van der Waals surface area contributed by atoms with Crippen LogP contribution in [-0.4, -0.2) is 46.3 Å². The highest BCUT2D eigenvalue weighted by molar-refractivity contribution is 6.35. The summed E-state index contributed by atoms with van der Waals surface area (Å²) in [5.41, 5.74) is 0.367. The second-order valence-corrected chi connectivity index (χ2v) is 9.02. The monoisotopic (exact) mass is 482 g/mol. The first kappa shape index (κ1) is 26.5. The standard InChI is InChI=1S/C24H36Cl2N4O2/c1-4-6-8-13-29(14-9-7-5-2)17-19(3)27-24(31)22-12-15-30(28-22)18-32-23-11-10-20(25)16-21(23)26/h10-12,15-16,19H,4-9,13-14,17-18H2,1-3H3,(H,27,31). The average Bonchev–Trinajstić information content (AvgIpc) is 3.22. The minimum absolute atomic E-state index is 0.0417. The Bertz CT molecular complexity index is 818. The van der Waals surface area contributed by atoms with E-state index in [0.717, 1.165) is 19.6 Å². The Balaban J connectivity index is 1.84. The zero-order valence-electron chi connectivity index (χ0n) is 19.4. The second-order valence-electron chi connectivity index (χ2n) is 8.18. The summed E-state index contributed by atoms with van der Waals surface area (Å²) in [5.74, 6) is 0.334. The number of benzene rings is 1. The number of hydrogen-bond donors (Lipinski definition) is 1. The van der Waals surface area contributed by atoms with Gasteiger partial charge in [-0.1, -0.05) is 62.7 Å². The number of aromatic nitrogens is 2. The van der Waals surface area contributed by atoms with Crippen molar-refractivity contribution in [3.8, 4) is 5.75 Å². The quantitative estimate of drug-likeness (QED) is 0.315. The highest BCUT2D eigenvalue weighted by atomic mass is 35.5. The molecule has 0 spiro atoms. The number of carbonyl (C=O) groups excluding carboxylic acids is 1. The average molecular weight is 483 g/mol. The van der Waals surface area contributed by atoms with E-state index in [9.17, 15) is 4.79 Å². The van der Waals surface area contributed by atoms with E-state index >= 15 is 0 Å². The lowest BCUT2D eigenvalue weighted by Gasteiger charge is -2.26. The van der Waals surface area contributed by atoms with Crippen molar-refractivity contribution in [2.24, 2.45) is 0 Å². The predicted molar refractivity (Wildman–Crippen MR) is 132 cm³/mol. The van der Waals surface area contributed by atoms with Crippen LogP contribution in [0.4, 0.5) is 0 Å². The minimum Gasteiger partial charge on any atom is -0.470 e. The van der Waals surface area contributed by atoms with Crippen molar-refractivity contribution in [1.82, 2.24) is 20.0 Å². The van der Waals surface area contributed by atoms with Gasteiger partial charge in [0.25, 0.3) is 5.91 Å². The van der Waals surface area contributed by atoms with Crippen molar-refractivity contribution in [3.63, 3.8) is 0 Å². The van der Waals surface area contributed by atoms with Crippen LogP contribution in [-0.2, 0) is 6.73 Å². The maximum Gasteiger partial charge on any atom is 0.272 e. The van der Waals surface area contributed by atoms with Crippen molar-refractivity contribution < 1.29 is 9.53 Å². The number of carbonyl (C=O) groups is 1. The van der Waals surface area contributed by atoms with E-state index in [1.807, 2.05) is 6.92 Å². The van der Waals surface area contributed by atoms with Crippen molar-refractivity contribution >= 4 is 29.1 Å². The van der Waals surface area contributed by atoms with Gasteiger partial charge in [0, 0.05) is 23.8 Å². The van der Waals surface area contributed by atoms with Gasteiger partial charge in [0.15, 0.2) is 6.73 Å². The zero-order chi connectivity index (χ0) is 23.3. The van der Waals surface area contributed by atoms with E-state index < -0.39 is 0 Å². The fourth-order valence-electron chi connectivity index (χ4n) is 3.48. The predicted octanol–water partition coefficient (Wildman–Crippen LogP) is 6.03. The Morgan fingerprint density at radius 2 is 1.81 bits per heavy atom. The molecule has 1 N–H and O–H groups in total. The number of hydrogen-bond acceptors (Lipinski definition) is 4. The number of ether oxygens (including phenoxy) is 1. The summed E-state index contributed by atoms with van der Waals surface area (Å²) >= 11 is 12.0. The van der Waals surface area contributed by atoms with Crippen LogP contribution in [0.1, 0.15) is 69.8 Å². The van der Waals surface area contributed by atoms with Crippen LogP contribution in [0.5, 0.6) is 5.75 Å². The molecule has 1 unspecified atom stereocenters. The van der Waals surface area contributed by atoms with Gasteiger partial charge in [-0.05, 0) is 57.1 Å². The minimum atomic E-state index is -0.178. The van der Waals surface area contributed by atoms with Crippen molar-refractivity contribution in [2.75, 3.05) is 19.6 Å². The molecule has 1 heterocycles. The molecule has 0 aliphatic carbocycles. The summed E-state index contributed by atoms with van der Waals surface area (Å²) in [4.78, 5) is 15.1. The van der Waals surface area contributed by atoms with Crippen molar-refractivity contribution in [2.45, 2.75) is 72.1 Å². The number of unbranched alkanes of at least 4 members (excludes halogenated alkanes) is 4. The van der Waals surface area contributed by atoms with Crippen LogP contribution in [0.15, 0.2) is 30.5 Å². The molecule has 2 rings (SSSR count). The first-order valence-corrected chi connectivity index (χ1v) is 12.3. The first-order chi connectivity index (χ1) is 15.4. The zero-order valence-corrected chi connectivity index (χ0v) is 21.0. The van der Waals surface area contributed by atoms with Crippen LogP contribution < -0.4 is 10.1 Å². The summed E-state index contributed by atoms with van der Waals surface area (Å²) in [7, 11) is 0. The van der Waals surface area contributed by atoms with Gasteiger partial charge in [0.05, 0.1) is 5.02 Å². The third-order valence-corrected chi connectivity index (χ3v) is 5.72. The van der Waals surface area contributed by atoms with Gasteiger partial charge < -0.3 is 15.0 Å². The van der Waals surface area contributed by atoms with E-state index in [1.165, 1.54) is 38.5 Å². The third-order valence-electron chi connectivity index (χ3n) is 5.18. The Morgan fingerprint density at radius 1 is 1.12 bits per heavy atom. The summed E-state index contributed by atoms with van der Waals surface area (Å²) in [5, 5.41) is 8.37. The molecule has 0 saturated heterocycles. The highest BCUT2D eigenvalue weighted by Crippen LogP contribution is 2.27. The summed E-state index contributed by atoms with van der Waals surface area (Å²) in [6.07, 6.45) is 9.02. The Kier molecular flexibility index (Phi) is 11.9. The molecular formula is C24H36Cl2N4O2. The van der Waals surface area contributed by atoms with Crippen LogP contribution in [0.2, 0.25) is 10.0 Å². The van der Waals surface area contributed by atoms with Crippen LogP contribution >= 0.6 is 23.2 Å². The molecule has 0 fully saturated rings. The molecular weight excluding hydrogens is 447 g/mol. The molecule has 0 radical (unpaired) electrons. The van der Waals surface area contributed by atoms with E-state index in [0.29, 0.717) is 21.5 Å². The third kappa shape index (κ3) is 9.39. The molecule has 0 bridgehead atoms. The Morgan fingerprint density at radius 3 is 2.44 bits per heavy atom. The van der Waals surface area contributed by atoms with Crippen LogP contribution in [0, 0.1) is 0 Å². The molecule has 1 aromatic heterocycles. The number of amides is 1. The van der Waals surface area contributed by atoms with Gasteiger partial charge >= 0.3 is 0 Å². The number of nitrogens with zero attached hydrogens (tertiary/aromatic N) is 3. The normalized spacial score (nSPS) is 12.2. The van der Waals surface area contributed by atoms with Gasteiger partial charge in [-0.15, -0.1) is 0 Å². The largest absolute Gasteiger partial charge is 0.470 e. The Hall–Kier alpha value is -1.76. The fraction of sp³-hybridized carbons (Fsp3) is 0.583. The maximum atomic E-state index is 12.7. The Labute approximate surface area is 202 Å². The van der Waals surface area contributed by atoms with E-state index in [-0.39, 0.29) is 18.7 Å². The van der Waals surface area contributed by atoms with Gasteiger partial charge in [-0.2, -0.15) is 5.10 Å². The van der Waals surface area contributed by atoms with Gasteiger partial charge in [0.2, 0.25) is 0 Å². The molecule has 1 atom stereocenters. The summed E-state index contributed by atoms with van der Waals surface area (Å²) in [6, 6.07) is 6.76. The summed E-state index contributed by atoms with van der Waals surface area (Å²) < 4.78 is 7.23. The lowest BCUT2D eigenvalue weighted by atomic mass is 10.2. The second kappa shape index (κ2) is 14.4. The maximum absolute atomic E-state index is 12.7. The van der Waals surface area contributed by atoms with Gasteiger partial charge in [0.1, 0.15) is 11.4 Å². The van der Waals surface area contributed by atoms with Gasteiger partial charge in [-0.3, -0.25) is 4.79 Å². The van der Waals surface area contributed by atoms with E-state index in [2.05, 4.69) is 29.2 Å². The molecule has 0 saturated carbocycles. The molecule has 6 nitrogen and oxygen atoms in total. The number of nitrogens with one attached hydrogen (secondary N) is 1. The molecule has 1 aromatic carbocycles. The molecule has 1 amide bonds. The number of rotatable bonds is 15. The smallest absolute Gasteiger partial charge is 0.272 e. The van der Waals surface area contributed by atoms with Crippen LogP contribution in [0.3, 0.4) is 0 Å². The number of halogens is 2. The van der Waals surface area contributed by atoms with E-state index in [1.54, 1.807) is 35.1 Å². The first-order valence-electron chi connectivity index (χ1n) is 11.6. The van der Waals surface area contributed by atoms with Crippen LogP contribution in [0.25, 0.3) is 0 Å². The van der Waals surface area contributed by atoms with Crippen molar-refractivity contribution in [1.29, 1.82) is 0 Å². The molecule has 8 heteroatoms. The SMILES string of the molecule is CCCCCN(CCCCC)CC(C)NC(=O)c1ccn(COc2ccc(Cl)cc2Cl)n1. The highest BCUT2D eigenvalue weighted by Gasteiger charge is 2.16. The lowest BCUT2D eigenvalue weighted by Crippen LogP contribution is -2.42. The summed E-state index contributed by atoms with van der Waals surface area (Å²) in [6.45, 7) is 9.64. The topological polar surface area (TPSA) is 59.4 Å². The van der Waals surface area contributed by atoms with E-state index in [4.69, 9.17) is 27.9 Å². The molecule has 0 aliphatic rings. The molecule has 2 aromatic rings.